The SMILES string of the molecule is Cc1ncn(-c2cccc(F)c2CNC(C)(C)C)c1C. The van der Waals surface area contributed by atoms with Gasteiger partial charge in [0, 0.05) is 23.3 Å². The summed E-state index contributed by atoms with van der Waals surface area (Å²) in [5.74, 6) is -0.190. The summed E-state index contributed by atoms with van der Waals surface area (Å²) in [4.78, 5) is 4.29. The van der Waals surface area contributed by atoms with E-state index in [9.17, 15) is 4.39 Å². The number of nitrogens with one attached hydrogen (secondary N) is 1. The largest absolute Gasteiger partial charge is 0.308 e. The Morgan fingerprint density at radius 3 is 2.50 bits per heavy atom. The summed E-state index contributed by atoms with van der Waals surface area (Å²) >= 11 is 0. The van der Waals surface area contributed by atoms with Gasteiger partial charge in [-0.15, -0.1) is 0 Å². The molecule has 3 nitrogen and oxygen atoms in total. The Kier molecular flexibility index (Phi) is 3.95. The molecule has 0 saturated carbocycles. The quantitative estimate of drug-likeness (QED) is 0.929. The van der Waals surface area contributed by atoms with Crippen LogP contribution in [0, 0.1) is 19.7 Å². The van der Waals surface area contributed by atoms with Crippen molar-refractivity contribution in [1.82, 2.24) is 14.9 Å². The zero-order chi connectivity index (χ0) is 14.9. The first-order chi connectivity index (χ1) is 9.29. The van der Waals surface area contributed by atoms with Crippen LogP contribution in [0.5, 0.6) is 0 Å². The van der Waals surface area contributed by atoms with Gasteiger partial charge in [0.25, 0.3) is 0 Å². The van der Waals surface area contributed by atoms with Crippen molar-refractivity contribution < 1.29 is 4.39 Å². The first kappa shape index (κ1) is 14.7. The summed E-state index contributed by atoms with van der Waals surface area (Å²) in [5, 5.41) is 3.34. The topological polar surface area (TPSA) is 29.9 Å². The zero-order valence-corrected chi connectivity index (χ0v) is 12.8. The molecule has 0 atom stereocenters. The van der Waals surface area contributed by atoms with Crippen molar-refractivity contribution in [3.8, 4) is 5.69 Å². The lowest BCUT2D eigenvalue weighted by molar-refractivity contribution is 0.418. The van der Waals surface area contributed by atoms with Crippen molar-refractivity contribution in [2.45, 2.75) is 46.7 Å². The monoisotopic (exact) mass is 275 g/mol. The van der Waals surface area contributed by atoms with Gasteiger partial charge in [0.2, 0.25) is 0 Å². The van der Waals surface area contributed by atoms with Crippen molar-refractivity contribution in [2.24, 2.45) is 0 Å². The van der Waals surface area contributed by atoms with Crippen LogP contribution < -0.4 is 5.32 Å². The third-order valence-electron chi connectivity index (χ3n) is 3.40. The van der Waals surface area contributed by atoms with Crippen LogP contribution in [0.4, 0.5) is 4.39 Å². The van der Waals surface area contributed by atoms with Gasteiger partial charge >= 0.3 is 0 Å². The molecule has 2 rings (SSSR count). The maximum absolute atomic E-state index is 14.2. The fourth-order valence-corrected chi connectivity index (χ4v) is 2.04. The first-order valence-corrected chi connectivity index (χ1v) is 6.83. The highest BCUT2D eigenvalue weighted by Gasteiger charge is 2.15. The third kappa shape index (κ3) is 3.07. The number of hydrogen-bond donors (Lipinski definition) is 1. The van der Waals surface area contributed by atoms with Crippen LogP contribution in [0.1, 0.15) is 37.7 Å². The van der Waals surface area contributed by atoms with Gasteiger partial charge in [-0.05, 0) is 46.8 Å². The summed E-state index contributed by atoms with van der Waals surface area (Å²) < 4.78 is 16.1. The van der Waals surface area contributed by atoms with Crippen LogP contribution >= 0.6 is 0 Å². The molecular formula is C16H22FN3. The highest BCUT2D eigenvalue weighted by atomic mass is 19.1. The lowest BCUT2D eigenvalue weighted by Crippen LogP contribution is -2.35. The Hall–Kier alpha value is -1.68. The summed E-state index contributed by atoms with van der Waals surface area (Å²) in [5.41, 5.74) is 3.46. The van der Waals surface area contributed by atoms with Crippen LogP contribution in [-0.2, 0) is 6.54 Å². The average molecular weight is 275 g/mol. The second kappa shape index (κ2) is 5.37. The molecule has 0 fully saturated rings. The van der Waals surface area contributed by atoms with Crippen LogP contribution in [0.15, 0.2) is 24.5 Å². The van der Waals surface area contributed by atoms with Gasteiger partial charge < -0.3 is 9.88 Å². The molecule has 0 aliphatic rings. The van der Waals surface area contributed by atoms with E-state index in [2.05, 4.69) is 31.1 Å². The van der Waals surface area contributed by atoms with Crippen molar-refractivity contribution in [1.29, 1.82) is 0 Å². The van der Waals surface area contributed by atoms with Gasteiger partial charge in [-0.25, -0.2) is 9.37 Å². The smallest absolute Gasteiger partial charge is 0.129 e. The Bertz CT molecular complexity index is 609. The van der Waals surface area contributed by atoms with E-state index in [4.69, 9.17) is 0 Å². The minimum Gasteiger partial charge on any atom is -0.308 e. The van der Waals surface area contributed by atoms with Gasteiger partial charge in [-0.2, -0.15) is 0 Å². The second-order valence-electron chi connectivity index (χ2n) is 6.13. The number of aryl methyl sites for hydroxylation is 1. The van der Waals surface area contributed by atoms with E-state index in [1.165, 1.54) is 6.07 Å². The van der Waals surface area contributed by atoms with Gasteiger partial charge in [0.1, 0.15) is 5.82 Å². The maximum Gasteiger partial charge on any atom is 0.129 e. The number of halogens is 1. The number of aromatic nitrogens is 2. The van der Waals surface area contributed by atoms with Crippen LogP contribution in [0.2, 0.25) is 0 Å². The van der Waals surface area contributed by atoms with E-state index in [-0.39, 0.29) is 11.4 Å². The molecule has 1 aromatic carbocycles. The van der Waals surface area contributed by atoms with E-state index < -0.39 is 0 Å². The number of rotatable bonds is 3. The van der Waals surface area contributed by atoms with Gasteiger partial charge in [-0.1, -0.05) is 6.07 Å². The summed E-state index contributed by atoms with van der Waals surface area (Å²) in [6.07, 6.45) is 1.75. The van der Waals surface area contributed by atoms with Crippen molar-refractivity contribution in [3.05, 3.63) is 47.3 Å². The molecule has 0 spiro atoms. The second-order valence-corrected chi connectivity index (χ2v) is 6.13. The number of hydrogen-bond acceptors (Lipinski definition) is 2. The molecule has 20 heavy (non-hydrogen) atoms. The molecule has 1 N–H and O–H groups in total. The molecule has 0 aliphatic carbocycles. The molecule has 0 amide bonds. The molecule has 0 saturated heterocycles. The summed E-state index contributed by atoms with van der Waals surface area (Å²) in [6, 6.07) is 5.17. The molecule has 0 radical (unpaired) electrons. The molecule has 108 valence electrons. The number of imidazole rings is 1. The number of nitrogens with zero attached hydrogens (tertiary/aromatic N) is 2. The zero-order valence-electron chi connectivity index (χ0n) is 12.8. The normalized spacial score (nSPS) is 11.9. The van der Waals surface area contributed by atoms with E-state index in [1.807, 2.05) is 24.5 Å². The molecule has 4 heteroatoms. The third-order valence-corrected chi connectivity index (χ3v) is 3.40. The number of benzene rings is 1. The van der Waals surface area contributed by atoms with E-state index >= 15 is 0 Å². The molecule has 0 unspecified atom stereocenters. The van der Waals surface area contributed by atoms with Crippen LogP contribution in [0.25, 0.3) is 5.69 Å². The Labute approximate surface area is 119 Å². The predicted octanol–water partition coefficient (Wildman–Crippen LogP) is 3.52. The van der Waals surface area contributed by atoms with Crippen LogP contribution in [0.3, 0.4) is 0 Å². The molecule has 1 heterocycles. The van der Waals surface area contributed by atoms with Gasteiger partial charge in [-0.3, -0.25) is 0 Å². The van der Waals surface area contributed by atoms with E-state index in [0.29, 0.717) is 12.1 Å². The lowest BCUT2D eigenvalue weighted by Gasteiger charge is -2.22. The molecule has 1 aromatic heterocycles. The standard InChI is InChI=1S/C16H22FN3/c1-11-12(2)20(10-18-11)15-8-6-7-14(17)13(15)9-19-16(3,4)5/h6-8,10,19H,9H2,1-5H3. The maximum atomic E-state index is 14.2. The van der Waals surface area contributed by atoms with Gasteiger partial charge in [0.05, 0.1) is 17.7 Å². The fraction of sp³-hybridized carbons (Fsp3) is 0.438. The Balaban J connectivity index is 2.44. The fourth-order valence-electron chi connectivity index (χ4n) is 2.04. The minimum atomic E-state index is -0.190. The molecule has 0 aliphatic heterocycles. The molecule has 2 aromatic rings. The summed E-state index contributed by atoms with van der Waals surface area (Å²) in [7, 11) is 0. The predicted molar refractivity (Wildman–Crippen MR) is 79.6 cm³/mol. The van der Waals surface area contributed by atoms with Crippen molar-refractivity contribution in [3.63, 3.8) is 0 Å². The van der Waals surface area contributed by atoms with Crippen molar-refractivity contribution >= 4 is 0 Å². The van der Waals surface area contributed by atoms with Gasteiger partial charge in [0.15, 0.2) is 0 Å². The Morgan fingerprint density at radius 2 is 1.95 bits per heavy atom. The minimum absolute atomic E-state index is 0.0561. The highest BCUT2D eigenvalue weighted by molar-refractivity contribution is 5.44. The van der Waals surface area contributed by atoms with E-state index in [1.54, 1.807) is 12.4 Å². The molecule has 0 bridgehead atoms. The van der Waals surface area contributed by atoms with Crippen LogP contribution in [-0.4, -0.2) is 15.1 Å². The van der Waals surface area contributed by atoms with Crippen molar-refractivity contribution in [2.75, 3.05) is 0 Å². The average Bonchev–Trinajstić information content (AvgIpc) is 2.67. The highest BCUT2D eigenvalue weighted by Crippen LogP contribution is 2.21. The summed E-state index contributed by atoms with van der Waals surface area (Å²) in [6.45, 7) is 10.6. The molecular weight excluding hydrogens is 253 g/mol. The Morgan fingerprint density at radius 1 is 1.25 bits per heavy atom. The van der Waals surface area contributed by atoms with E-state index in [0.717, 1.165) is 17.1 Å². The lowest BCUT2D eigenvalue weighted by atomic mass is 10.1. The first-order valence-electron chi connectivity index (χ1n) is 6.83.